The van der Waals surface area contributed by atoms with Crippen molar-refractivity contribution in [2.75, 3.05) is 6.54 Å². The fourth-order valence-electron chi connectivity index (χ4n) is 3.42. The lowest BCUT2D eigenvalue weighted by Crippen LogP contribution is -2.45. The molecule has 144 valence electrons. The molecule has 2 atom stereocenters. The molecule has 0 bridgehead atoms. The quantitative estimate of drug-likeness (QED) is 0.527. The molecule has 1 amide bonds. The molecule has 0 saturated carbocycles. The Morgan fingerprint density at radius 2 is 2.00 bits per heavy atom. The van der Waals surface area contributed by atoms with E-state index in [-0.39, 0.29) is 11.9 Å². The van der Waals surface area contributed by atoms with Crippen LogP contribution in [0.1, 0.15) is 49.0 Å². The molecule has 2 aromatic rings. The van der Waals surface area contributed by atoms with Crippen molar-refractivity contribution in [3.05, 3.63) is 57.8 Å². The summed E-state index contributed by atoms with van der Waals surface area (Å²) < 4.78 is 0. The Kier molecular flexibility index (Phi) is 7.07. The minimum atomic E-state index is 0.0794. The van der Waals surface area contributed by atoms with Crippen LogP contribution in [-0.2, 0) is 5.75 Å². The number of aromatic nitrogens is 1. The van der Waals surface area contributed by atoms with Crippen LogP contribution in [0.3, 0.4) is 0 Å². The fourth-order valence-corrected chi connectivity index (χ4v) is 5.03. The molecule has 2 unspecified atom stereocenters. The first-order valence-electron chi connectivity index (χ1n) is 9.31. The second-order valence-electron chi connectivity index (χ2n) is 7.08. The van der Waals surface area contributed by atoms with Crippen LogP contribution in [0.2, 0.25) is 10.0 Å². The first-order valence-corrected chi connectivity index (χ1v) is 11.1. The Morgan fingerprint density at radius 3 is 2.70 bits per heavy atom. The van der Waals surface area contributed by atoms with Crippen LogP contribution in [0.25, 0.3) is 0 Å². The van der Waals surface area contributed by atoms with E-state index in [0.29, 0.717) is 27.3 Å². The smallest absolute Gasteiger partial charge is 0.255 e. The fraction of sp³-hybridized carbons (Fsp3) is 0.429. The molecule has 0 aliphatic carbocycles. The number of benzene rings is 1. The van der Waals surface area contributed by atoms with Gasteiger partial charge < -0.3 is 4.90 Å². The highest BCUT2D eigenvalue weighted by molar-refractivity contribution is 7.98. The average molecular weight is 423 g/mol. The monoisotopic (exact) mass is 422 g/mol. The molecule has 1 saturated heterocycles. The molecule has 2 heterocycles. The maximum absolute atomic E-state index is 13.0. The highest BCUT2D eigenvalue weighted by Gasteiger charge is 2.29. The Morgan fingerprint density at radius 1 is 1.26 bits per heavy atom. The molecule has 0 N–H and O–H groups in total. The third-order valence-corrected chi connectivity index (χ3v) is 7.22. The second kappa shape index (κ2) is 9.31. The van der Waals surface area contributed by atoms with Gasteiger partial charge in [0.15, 0.2) is 0 Å². The molecular formula is C21H24Cl2N2OS. The van der Waals surface area contributed by atoms with E-state index >= 15 is 0 Å². The Bertz CT molecular complexity index is 794. The summed E-state index contributed by atoms with van der Waals surface area (Å²) in [4.78, 5) is 20.2. The Labute approximate surface area is 175 Å². The third kappa shape index (κ3) is 4.98. The van der Waals surface area contributed by atoms with Gasteiger partial charge in [0.1, 0.15) is 0 Å². The SMILES string of the molecule is CCC1CCC(C)N(C(=O)c2cncc(CSc3c(Cl)cccc3Cl)c2)C1. The van der Waals surface area contributed by atoms with Crippen molar-refractivity contribution >= 4 is 40.9 Å². The van der Waals surface area contributed by atoms with Crippen molar-refractivity contribution in [3.63, 3.8) is 0 Å². The van der Waals surface area contributed by atoms with Crippen LogP contribution >= 0.6 is 35.0 Å². The summed E-state index contributed by atoms with van der Waals surface area (Å²) in [6.07, 6.45) is 6.85. The molecule has 27 heavy (non-hydrogen) atoms. The molecule has 3 nitrogen and oxygen atoms in total. The zero-order valence-corrected chi connectivity index (χ0v) is 17.9. The standard InChI is InChI=1S/C21H24Cl2N2OS/c1-3-15-8-7-14(2)25(12-15)21(26)17-9-16(10-24-11-17)13-27-20-18(22)5-4-6-19(20)23/h4-6,9-11,14-15H,3,7-8,12-13H2,1-2H3. The minimum absolute atomic E-state index is 0.0794. The van der Waals surface area contributed by atoms with Gasteiger partial charge in [-0.25, -0.2) is 0 Å². The molecule has 6 heteroatoms. The van der Waals surface area contributed by atoms with E-state index in [4.69, 9.17) is 23.2 Å². The van der Waals surface area contributed by atoms with E-state index < -0.39 is 0 Å². The number of rotatable bonds is 5. The van der Waals surface area contributed by atoms with E-state index in [1.165, 1.54) is 6.42 Å². The van der Waals surface area contributed by atoms with Gasteiger partial charge in [0.2, 0.25) is 0 Å². The summed E-state index contributed by atoms with van der Waals surface area (Å²) in [5.41, 5.74) is 1.64. The van der Waals surface area contributed by atoms with E-state index in [2.05, 4.69) is 18.8 Å². The van der Waals surface area contributed by atoms with Gasteiger partial charge in [-0.1, -0.05) is 42.6 Å². The lowest BCUT2D eigenvalue weighted by molar-refractivity contribution is 0.0556. The number of hydrogen-bond acceptors (Lipinski definition) is 3. The molecule has 1 aromatic carbocycles. The van der Waals surface area contributed by atoms with Gasteiger partial charge in [-0.3, -0.25) is 9.78 Å². The number of thioether (sulfide) groups is 1. The topological polar surface area (TPSA) is 33.2 Å². The average Bonchev–Trinajstić information content (AvgIpc) is 2.68. The predicted molar refractivity (Wildman–Crippen MR) is 114 cm³/mol. The summed E-state index contributed by atoms with van der Waals surface area (Å²) in [6, 6.07) is 7.71. The molecule has 0 spiro atoms. The third-order valence-electron chi connectivity index (χ3n) is 5.16. The number of pyridine rings is 1. The highest BCUT2D eigenvalue weighted by Crippen LogP contribution is 2.35. The molecular weight excluding hydrogens is 399 g/mol. The second-order valence-corrected chi connectivity index (χ2v) is 8.88. The summed E-state index contributed by atoms with van der Waals surface area (Å²) in [5.74, 6) is 1.33. The van der Waals surface area contributed by atoms with E-state index in [0.717, 1.165) is 29.8 Å². The largest absolute Gasteiger partial charge is 0.336 e. The van der Waals surface area contributed by atoms with Crippen LogP contribution in [-0.4, -0.2) is 28.4 Å². The van der Waals surface area contributed by atoms with Gasteiger partial charge in [-0.15, -0.1) is 11.8 Å². The number of hydrogen-bond donors (Lipinski definition) is 0. The summed E-state index contributed by atoms with van der Waals surface area (Å²) in [6.45, 7) is 5.17. The van der Waals surface area contributed by atoms with Crippen LogP contribution in [0.5, 0.6) is 0 Å². The first-order chi connectivity index (χ1) is 13.0. The van der Waals surface area contributed by atoms with Gasteiger partial charge in [0.05, 0.1) is 15.6 Å². The highest BCUT2D eigenvalue weighted by atomic mass is 35.5. The molecule has 1 aromatic heterocycles. The van der Waals surface area contributed by atoms with Gasteiger partial charge in [-0.2, -0.15) is 0 Å². The predicted octanol–water partition coefficient (Wildman–Crippen LogP) is 6.33. The van der Waals surface area contributed by atoms with Crippen molar-refractivity contribution in [2.45, 2.75) is 49.8 Å². The lowest BCUT2D eigenvalue weighted by Gasteiger charge is -2.37. The number of carbonyl (C=O) groups excluding carboxylic acids is 1. The molecule has 0 radical (unpaired) electrons. The van der Waals surface area contributed by atoms with Crippen molar-refractivity contribution in [2.24, 2.45) is 5.92 Å². The van der Waals surface area contributed by atoms with E-state index in [1.807, 2.05) is 29.2 Å². The number of likely N-dealkylation sites (tertiary alicyclic amines) is 1. The summed E-state index contributed by atoms with van der Waals surface area (Å²) in [5, 5.41) is 1.28. The Hall–Kier alpha value is -1.23. The normalized spacial score (nSPS) is 19.9. The van der Waals surface area contributed by atoms with Gasteiger partial charge in [-0.05, 0) is 49.4 Å². The van der Waals surface area contributed by atoms with Crippen LogP contribution in [0.15, 0.2) is 41.6 Å². The molecule has 1 aliphatic heterocycles. The number of carbonyl (C=O) groups is 1. The van der Waals surface area contributed by atoms with Gasteiger partial charge in [0.25, 0.3) is 5.91 Å². The Balaban J connectivity index is 1.72. The molecule has 3 rings (SSSR count). The first kappa shape index (κ1) is 20.5. The number of halogens is 2. The maximum Gasteiger partial charge on any atom is 0.255 e. The van der Waals surface area contributed by atoms with Crippen molar-refractivity contribution in [1.29, 1.82) is 0 Å². The van der Waals surface area contributed by atoms with Crippen molar-refractivity contribution < 1.29 is 4.79 Å². The summed E-state index contributed by atoms with van der Waals surface area (Å²) in [7, 11) is 0. The minimum Gasteiger partial charge on any atom is -0.336 e. The number of amides is 1. The maximum atomic E-state index is 13.0. The zero-order chi connectivity index (χ0) is 19.4. The van der Waals surface area contributed by atoms with Crippen LogP contribution < -0.4 is 0 Å². The van der Waals surface area contributed by atoms with Crippen LogP contribution in [0, 0.1) is 5.92 Å². The van der Waals surface area contributed by atoms with Crippen LogP contribution in [0.4, 0.5) is 0 Å². The van der Waals surface area contributed by atoms with E-state index in [9.17, 15) is 4.79 Å². The van der Waals surface area contributed by atoms with E-state index in [1.54, 1.807) is 24.2 Å². The zero-order valence-electron chi connectivity index (χ0n) is 15.6. The number of nitrogens with zero attached hydrogens (tertiary/aromatic N) is 2. The van der Waals surface area contributed by atoms with Gasteiger partial charge >= 0.3 is 0 Å². The lowest BCUT2D eigenvalue weighted by atomic mass is 9.91. The number of piperidine rings is 1. The van der Waals surface area contributed by atoms with Gasteiger partial charge in [0, 0.05) is 35.6 Å². The van der Waals surface area contributed by atoms with Crippen molar-refractivity contribution in [3.8, 4) is 0 Å². The summed E-state index contributed by atoms with van der Waals surface area (Å²) >= 11 is 14.0. The molecule has 1 fully saturated rings. The molecule has 1 aliphatic rings. The van der Waals surface area contributed by atoms with Crippen molar-refractivity contribution in [1.82, 2.24) is 9.88 Å².